The Bertz CT molecular complexity index is 660. The van der Waals surface area contributed by atoms with Gasteiger partial charge in [0.1, 0.15) is 4.90 Å². The average Bonchev–Trinajstić information content (AvgIpc) is 2.67. The van der Waals surface area contributed by atoms with Crippen LogP contribution in [0.1, 0.15) is 6.42 Å². The zero-order valence-electron chi connectivity index (χ0n) is 11.1. The highest BCUT2D eigenvalue weighted by Gasteiger charge is 2.25. The van der Waals surface area contributed by atoms with E-state index in [9.17, 15) is 16.8 Å². The molecule has 0 bridgehead atoms. The number of pyridine rings is 1. The van der Waals surface area contributed by atoms with Gasteiger partial charge in [-0.3, -0.25) is 0 Å². The van der Waals surface area contributed by atoms with E-state index in [4.69, 9.17) is 0 Å². The number of rotatable bonds is 3. The van der Waals surface area contributed by atoms with Crippen molar-refractivity contribution in [2.24, 2.45) is 0 Å². The summed E-state index contributed by atoms with van der Waals surface area (Å²) in [7, 11) is -7.04. The van der Waals surface area contributed by atoms with Gasteiger partial charge in [-0.05, 0) is 25.1 Å². The van der Waals surface area contributed by atoms with Gasteiger partial charge in [-0.15, -0.1) is 0 Å². The van der Waals surface area contributed by atoms with E-state index in [1.807, 2.05) is 0 Å². The fraction of sp³-hybridized carbons (Fsp3) is 0.545. The highest BCUT2D eigenvalue weighted by molar-refractivity contribution is 7.90. The molecule has 9 heteroatoms. The van der Waals surface area contributed by atoms with Crippen molar-refractivity contribution in [3.8, 4) is 0 Å². The first kappa shape index (κ1) is 15.4. The fourth-order valence-electron chi connectivity index (χ4n) is 1.95. The maximum Gasteiger partial charge on any atom is 0.244 e. The summed E-state index contributed by atoms with van der Waals surface area (Å²) in [4.78, 5) is 3.75. The normalized spacial score (nSPS) is 18.6. The van der Waals surface area contributed by atoms with Crippen molar-refractivity contribution in [2.75, 3.05) is 32.4 Å². The van der Waals surface area contributed by atoms with Crippen LogP contribution in [0.15, 0.2) is 28.3 Å². The average molecular weight is 319 g/mol. The van der Waals surface area contributed by atoms with Gasteiger partial charge in [-0.25, -0.2) is 21.8 Å². The molecule has 0 atom stereocenters. The van der Waals surface area contributed by atoms with Crippen molar-refractivity contribution in [3.05, 3.63) is 18.3 Å². The molecule has 7 nitrogen and oxygen atoms in total. The van der Waals surface area contributed by atoms with E-state index in [1.54, 1.807) is 0 Å². The Balaban J connectivity index is 2.29. The van der Waals surface area contributed by atoms with Crippen LogP contribution in [0, 0.1) is 0 Å². The second kappa shape index (κ2) is 5.76. The molecule has 1 aliphatic rings. The summed E-state index contributed by atoms with van der Waals surface area (Å²) >= 11 is 0. The molecule has 1 fully saturated rings. The van der Waals surface area contributed by atoms with Crippen molar-refractivity contribution < 1.29 is 16.8 Å². The summed E-state index contributed by atoms with van der Waals surface area (Å²) in [6.45, 7) is 2.24. The van der Waals surface area contributed by atoms with E-state index < -0.39 is 19.9 Å². The van der Waals surface area contributed by atoms with Gasteiger partial charge < -0.3 is 5.32 Å². The Hall–Kier alpha value is -1.03. The van der Waals surface area contributed by atoms with Crippen LogP contribution in [0.3, 0.4) is 0 Å². The Labute approximate surface area is 119 Å². The van der Waals surface area contributed by atoms with E-state index in [2.05, 4.69) is 10.3 Å². The van der Waals surface area contributed by atoms with E-state index in [1.165, 1.54) is 16.4 Å². The molecule has 2 heterocycles. The highest BCUT2D eigenvalue weighted by Crippen LogP contribution is 2.17. The quantitative estimate of drug-likeness (QED) is 0.804. The van der Waals surface area contributed by atoms with Crippen molar-refractivity contribution in [2.45, 2.75) is 16.3 Å². The number of aromatic nitrogens is 1. The van der Waals surface area contributed by atoms with Crippen LogP contribution < -0.4 is 5.32 Å². The molecule has 0 radical (unpaired) electrons. The summed E-state index contributed by atoms with van der Waals surface area (Å²) in [5.41, 5.74) is 0. The SMILES string of the molecule is CS(=O)(=O)c1ccc(S(=O)(=O)N2CCCNCC2)cn1. The fourth-order valence-corrected chi connectivity index (χ4v) is 3.93. The molecule has 1 saturated heterocycles. The third-order valence-electron chi connectivity index (χ3n) is 3.03. The molecular weight excluding hydrogens is 302 g/mol. The van der Waals surface area contributed by atoms with Gasteiger partial charge >= 0.3 is 0 Å². The smallest absolute Gasteiger partial charge is 0.244 e. The molecule has 1 aliphatic heterocycles. The summed E-state index contributed by atoms with van der Waals surface area (Å²) < 4.78 is 48.8. The molecule has 0 amide bonds. The molecule has 0 aromatic carbocycles. The molecule has 1 aromatic heterocycles. The molecule has 20 heavy (non-hydrogen) atoms. The minimum Gasteiger partial charge on any atom is -0.315 e. The topological polar surface area (TPSA) is 96.4 Å². The summed E-state index contributed by atoms with van der Waals surface area (Å²) in [6, 6.07) is 2.51. The molecular formula is C11H17N3O4S2. The van der Waals surface area contributed by atoms with Gasteiger partial charge in [0.05, 0.1) is 0 Å². The van der Waals surface area contributed by atoms with E-state index in [0.717, 1.165) is 25.4 Å². The van der Waals surface area contributed by atoms with Gasteiger partial charge in [0.2, 0.25) is 10.0 Å². The van der Waals surface area contributed by atoms with E-state index in [0.29, 0.717) is 19.6 Å². The zero-order chi connectivity index (χ0) is 14.8. The number of nitrogens with zero attached hydrogens (tertiary/aromatic N) is 2. The van der Waals surface area contributed by atoms with E-state index >= 15 is 0 Å². The number of sulfone groups is 1. The predicted octanol–water partition coefficient (Wildman–Crippen LogP) is -0.531. The Morgan fingerprint density at radius 1 is 1.15 bits per heavy atom. The zero-order valence-corrected chi connectivity index (χ0v) is 12.7. The highest BCUT2D eigenvalue weighted by atomic mass is 32.2. The number of sulfonamides is 1. The van der Waals surface area contributed by atoms with Crippen LogP contribution in [-0.4, -0.2) is 58.6 Å². The predicted molar refractivity (Wildman–Crippen MR) is 73.6 cm³/mol. The van der Waals surface area contributed by atoms with Crippen LogP contribution >= 0.6 is 0 Å². The number of hydrogen-bond donors (Lipinski definition) is 1. The minimum absolute atomic E-state index is 0.0202. The number of hydrogen-bond acceptors (Lipinski definition) is 6. The van der Waals surface area contributed by atoms with Crippen molar-refractivity contribution in [3.63, 3.8) is 0 Å². The first-order chi connectivity index (χ1) is 9.32. The van der Waals surface area contributed by atoms with Gasteiger partial charge in [-0.1, -0.05) is 0 Å². The molecule has 0 saturated carbocycles. The third kappa shape index (κ3) is 3.35. The van der Waals surface area contributed by atoms with Crippen molar-refractivity contribution in [1.82, 2.24) is 14.6 Å². The minimum atomic E-state index is -3.61. The summed E-state index contributed by atoms with van der Waals surface area (Å²) in [6.07, 6.45) is 2.88. The number of nitrogens with one attached hydrogen (secondary N) is 1. The van der Waals surface area contributed by atoms with Gasteiger partial charge in [0, 0.05) is 32.1 Å². The lowest BCUT2D eigenvalue weighted by Gasteiger charge is -2.19. The first-order valence-electron chi connectivity index (χ1n) is 6.19. The molecule has 2 rings (SSSR count). The monoisotopic (exact) mass is 319 g/mol. The molecule has 112 valence electrons. The Morgan fingerprint density at radius 3 is 2.50 bits per heavy atom. The van der Waals surface area contributed by atoms with Crippen LogP contribution in [-0.2, 0) is 19.9 Å². The first-order valence-corrected chi connectivity index (χ1v) is 9.52. The second-order valence-electron chi connectivity index (χ2n) is 4.61. The van der Waals surface area contributed by atoms with E-state index in [-0.39, 0.29) is 9.92 Å². The van der Waals surface area contributed by atoms with Crippen LogP contribution in [0.25, 0.3) is 0 Å². The second-order valence-corrected chi connectivity index (χ2v) is 8.51. The molecule has 1 aromatic rings. The Morgan fingerprint density at radius 2 is 1.90 bits per heavy atom. The molecule has 0 unspecified atom stereocenters. The largest absolute Gasteiger partial charge is 0.315 e. The van der Waals surface area contributed by atoms with Gasteiger partial charge in [0.15, 0.2) is 14.9 Å². The van der Waals surface area contributed by atoms with Crippen molar-refractivity contribution in [1.29, 1.82) is 0 Å². The maximum absolute atomic E-state index is 12.4. The van der Waals surface area contributed by atoms with Crippen molar-refractivity contribution >= 4 is 19.9 Å². The third-order valence-corrected chi connectivity index (χ3v) is 5.91. The standard InChI is InChI=1S/C11H17N3O4S2/c1-19(15,16)11-4-3-10(9-13-11)20(17,18)14-7-2-5-12-6-8-14/h3-4,9,12H,2,5-8H2,1H3. The lowest BCUT2D eigenvalue weighted by molar-refractivity contribution is 0.431. The van der Waals surface area contributed by atoms with Gasteiger partial charge in [-0.2, -0.15) is 4.31 Å². The van der Waals surface area contributed by atoms with Crippen LogP contribution in [0.4, 0.5) is 0 Å². The molecule has 0 aliphatic carbocycles. The maximum atomic E-state index is 12.4. The lowest BCUT2D eigenvalue weighted by Crippen LogP contribution is -2.34. The molecule has 0 spiro atoms. The van der Waals surface area contributed by atoms with Crippen LogP contribution in [0.2, 0.25) is 0 Å². The summed E-state index contributed by atoms with van der Waals surface area (Å²) in [5.74, 6) is 0. The lowest BCUT2D eigenvalue weighted by atomic mass is 10.4. The van der Waals surface area contributed by atoms with Crippen LogP contribution in [0.5, 0.6) is 0 Å². The molecule has 1 N–H and O–H groups in total. The Kier molecular flexibility index (Phi) is 4.43. The van der Waals surface area contributed by atoms with Gasteiger partial charge in [0.25, 0.3) is 0 Å². The summed E-state index contributed by atoms with van der Waals surface area (Å²) in [5, 5.41) is 3.00.